The van der Waals surface area contributed by atoms with Gasteiger partial charge in [-0.25, -0.2) is 25.0 Å². The third-order valence-corrected chi connectivity index (χ3v) is 9.95. The van der Waals surface area contributed by atoms with Crippen LogP contribution in [0.25, 0.3) is 0 Å². The zero-order valence-electron chi connectivity index (χ0n) is 29.2. The maximum absolute atomic E-state index is 14.5. The average Bonchev–Trinajstić information content (AvgIpc) is 3.87. The molecule has 0 spiro atoms. The number of benzene rings is 2. The fourth-order valence-electron chi connectivity index (χ4n) is 5.47. The molecule has 14 nitrogen and oxygen atoms in total. The van der Waals surface area contributed by atoms with Crippen LogP contribution in [0.4, 0.5) is 14.7 Å². The van der Waals surface area contributed by atoms with Crippen molar-refractivity contribution < 1.29 is 33.7 Å². The van der Waals surface area contributed by atoms with E-state index in [9.17, 15) is 19.5 Å². The molecule has 1 fully saturated rings. The smallest absolute Gasteiger partial charge is 0.426 e. The van der Waals surface area contributed by atoms with Crippen LogP contribution < -0.4 is 21.0 Å². The fourth-order valence-corrected chi connectivity index (χ4v) is 6.84. The van der Waals surface area contributed by atoms with E-state index in [4.69, 9.17) is 14.2 Å². The number of hydrogen-bond acceptors (Lipinski definition) is 13. The first kappa shape index (κ1) is 38.6. The second-order valence-electron chi connectivity index (χ2n) is 12.5. The van der Waals surface area contributed by atoms with Gasteiger partial charge in [-0.3, -0.25) is 9.78 Å². The van der Waals surface area contributed by atoms with Crippen molar-refractivity contribution in [2.24, 2.45) is 5.92 Å². The standard InChI is InChI=1S/C36H45N7O7S2/c1-25(2)32(40-35(46)49-21-28-23-51-34(39-28)42-13-15-48-16-14-42)33(45)43(41-36(47)50-22-29-19-38-24-52-29)30(17-26-9-5-3-6-10-26)31(44)20-37-18-27-11-7-4-8-12-27/h3-12,19,23-25,30-32,37,44H,13-18,20-22H2,1-2H3,(H,40,46)(H,41,47)/t30-,31-,32?/m0/s1. The van der Waals surface area contributed by atoms with Crippen LogP contribution in [0.5, 0.6) is 0 Å². The molecule has 0 radical (unpaired) electrons. The number of hydrogen-bond donors (Lipinski definition) is 4. The Balaban J connectivity index is 1.32. The molecule has 0 bridgehead atoms. The van der Waals surface area contributed by atoms with Gasteiger partial charge in [-0.1, -0.05) is 74.5 Å². The van der Waals surface area contributed by atoms with Crippen molar-refractivity contribution in [2.45, 2.75) is 58.2 Å². The molecule has 4 aromatic rings. The van der Waals surface area contributed by atoms with E-state index >= 15 is 0 Å². The summed E-state index contributed by atoms with van der Waals surface area (Å²) < 4.78 is 16.4. The number of thiazole rings is 2. The number of anilines is 1. The number of morpholine rings is 1. The van der Waals surface area contributed by atoms with E-state index in [0.29, 0.717) is 30.3 Å². The molecule has 4 N–H and O–H groups in total. The lowest BCUT2D eigenvalue weighted by Gasteiger charge is -2.37. The molecule has 1 unspecified atom stereocenters. The summed E-state index contributed by atoms with van der Waals surface area (Å²) >= 11 is 2.78. The van der Waals surface area contributed by atoms with E-state index in [1.165, 1.54) is 22.7 Å². The van der Waals surface area contributed by atoms with Gasteiger partial charge in [0.05, 0.1) is 41.4 Å². The summed E-state index contributed by atoms with van der Waals surface area (Å²) in [6, 6.07) is 16.9. The highest BCUT2D eigenvalue weighted by molar-refractivity contribution is 7.13. The molecule has 278 valence electrons. The van der Waals surface area contributed by atoms with Crippen molar-refractivity contribution in [3.05, 3.63) is 99.4 Å². The number of aliphatic hydroxyl groups is 1. The molecule has 0 aliphatic carbocycles. The van der Waals surface area contributed by atoms with Crippen LogP contribution in [0.2, 0.25) is 0 Å². The quantitative estimate of drug-likeness (QED) is 0.122. The van der Waals surface area contributed by atoms with E-state index in [1.54, 1.807) is 25.6 Å². The number of alkyl carbamates (subject to hydrolysis) is 1. The number of aromatic nitrogens is 2. The number of amides is 3. The van der Waals surface area contributed by atoms with Crippen molar-refractivity contribution in [2.75, 3.05) is 37.7 Å². The lowest BCUT2D eigenvalue weighted by molar-refractivity contribution is -0.143. The molecule has 2 aromatic heterocycles. The molecule has 5 rings (SSSR count). The van der Waals surface area contributed by atoms with Gasteiger partial charge in [0.2, 0.25) is 0 Å². The molecule has 1 saturated heterocycles. The largest absolute Gasteiger partial charge is 0.443 e. The first-order valence-corrected chi connectivity index (χ1v) is 18.8. The number of nitrogens with zero attached hydrogens (tertiary/aromatic N) is 4. The molecule has 3 amide bonds. The third kappa shape index (κ3) is 11.7. The first-order chi connectivity index (χ1) is 25.3. The molecule has 16 heteroatoms. The van der Waals surface area contributed by atoms with Crippen molar-refractivity contribution in [1.82, 2.24) is 31.0 Å². The molecule has 3 atom stereocenters. The zero-order valence-corrected chi connectivity index (χ0v) is 30.8. The summed E-state index contributed by atoms with van der Waals surface area (Å²) in [5.74, 6) is -1.09. The first-order valence-electron chi connectivity index (χ1n) is 17.1. The Hall–Kier alpha value is -4.61. The second-order valence-corrected chi connectivity index (χ2v) is 14.3. The van der Waals surface area contributed by atoms with Gasteiger partial charge < -0.3 is 34.9 Å². The van der Waals surface area contributed by atoms with Gasteiger partial charge in [-0.15, -0.1) is 22.7 Å². The SMILES string of the molecule is CC(C)C(NC(=O)OCc1csc(N2CCOCC2)n1)C(=O)N(NC(=O)OCc1cncs1)[C@@H](Cc1ccccc1)[C@@H](O)CNCc1ccccc1. The number of nitrogens with one attached hydrogen (secondary N) is 3. The number of aliphatic hydroxyl groups excluding tert-OH is 1. The van der Waals surface area contributed by atoms with Gasteiger partial charge in [0.1, 0.15) is 19.3 Å². The Labute approximate surface area is 311 Å². The summed E-state index contributed by atoms with van der Waals surface area (Å²) in [4.78, 5) is 52.3. The lowest BCUT2D eigenvalue weighted by Crippen LogP contribution is -2.63. The minimum Gasteiger partial charge on any atom is -0.443 e. The molecule has 1 aliphatic rings. The molecule has 2 aromatic carbocycles. The van der Waals surface area contributed by atoms with Crippen LogP contribution in [-0.4, -0.2) is 89.2 Å². The van der Waals surface area contributed by atoms with Gasteiger partial charge in [0.25, 0.3) is 5.91 Å². The average molecular weight is 752 g/mol. The van der Waals surface area contributed by atoms with Gasteiger partial charge in [-0.2, -0.15) is 0 Å². The number of hydrazine groups is 1. The molecular formula is C36H45N7O7S2. The molecule has 0 saturated carbocycles. The molecular weight excluding hydrogens is 707 g/mol. The summed E-state index contributed by atoms with van der Waals surface area (Å²) in [6.07, 6.45) is -1.12. The van der Waals surface area contributed by atoms with Crippen LogP contribution in [0, 0.1) is 5.92 Å². The van der Waals surface area contributed by atoms with Gasteiger partial charge in [0, 0.05) is 37.8 Å². The van der Waals surface area contributed by atoms with Crippen molar-refractivity contribution in [1.29, 1.82) is 0 Å². The zero-order chi connectivity index (χ0) is 36.7. The summed E-state index contributed by atoms with van der Waals surface area (Å²) in [6.45, 7) is 6.66. The molecule has 3 heterocycles. The third-order valence-electron chi connectivity index (χ3n) is 8.25. The number of ether oxygens (including phenoxy) is 3. The van der Waals surface area contributed by atoms with Crippen LogP contribution in [0.15, 0.2) is 77.8 Å². The predicted octanol–water partition coefficient (Wildman–Crippen LogP) is 4.12. The Morgan fingerprint density at radius 2 is 1.65 bits per heavy atom. The van der Waals surface area contributed by atoms with Crippen molar-refractivity contribution in [3.63, 3.8) is 0 Å². The van der Waals surface area contributed by atoms with Gasteiger partial charge >= 0.3 is 12.2 Å². The second kappa shape index (κ2) is 19.8. The van der Waals surface area contributed by atoms with E-state index in [-0.39, 0.29) is 26.2 Å². The van der Waals surface area contributed by atoms with Crippen molar-refractivity contribution in [3.8, 4) is 0 Å². The Kier molecular flexibility index (Phi) is 14.7. The monoisotopic (exact) mass is 751 g/mol. The molecule has 1 aliphatic heterocycles. The number of carbonyl (C=O) groups is 3. The Bertz CT molecular complexity index is 1670. The molecule has 52 heavy (non-hydrogen) atoms. The minimum atomic E-state index is -1.15. The van der Waals surface area contributed by atoms with E-state index < -0.39 is 42.2 Å². The van der Waals surface area contributed by atoms with Crippen molar-refractivity contribution >= 4 is 45.9 Å². The predicted molar refractivity (Wildman–Crippen MR) is 197 cm³/mol. The highest BCUT2D eigenvalue weighted by Crippen LogP contribution is 2.22. The van der Waals surface area contributed by atoms with Crippen LogP contribution in [0.1, 0.15) is 35.5 Å². The Morgan fingerprint density at radius 1 is 0.962 bits per heavy atom. The van der Waals surface area contributed by atoms with E-state index in [0.717, 1.165) is 34.4 Å². The Morgan fingerprint density at radius 3 is 2.33 bits per heavy atom. The fraction of sp³-hybridized carbons (Fsp3) is 0.417. The summed E-state index contributed by atoms with van der Waals surface area (Å²) in [5, 5.41) is 21.4. The maximum atomic E-state index is 14.5. The summed E-state index contributed by atoms with van der Waals surface area (Å²) in [7, 11) is 0. The van der Waals surface area contributed by atoms with E-state index in [1.807, 2.05) is 66.0 Å². The summed E-state index contributed by atoms with van der Waals surface area (Å²) in [5.41, 5.74) is 6.63. The maximum Gasteiger partial charge on any atom is 0.426 e. The topological polar surface area (TPSA) is 167 Å². The minimum absolute atomic E-state index is 0.0644. The van der Waals surface area contributed by atoms with Crippen LogP contribution >= 0.6 is 22.7 Å². The van der Waals surface area contributed by atoms with Crippen LogP contribution in [-0.2, 0) is 45.2 Å². The van der Waals surface area contributed by atoms with Gasteiger partial charge in [0.15, 0.2) is 5.13 Å². The highest BCUT2D eigenvalue weighted by Gasteiger charge is 2.38. The van der Waals surface area contributed by atoms with Crippen LogP contribution in [0.3, 0.4) is 0 Å². The van der Waals surface area contributed by atoms with E-state index in [2.05, 4.69) is 30.9 Å². The number of rotatable bonds is 16. The lowest BCUT2D eigenvalue weighted by atomic mass is 9.97. The highest BCUT2D eigenvalue weighted by atomic mass is 32.1. The van der Waals surface area contributed by atoms with Gasteiger partial charge in [-0.05, 0) is 23.5 Å². The normalized spacial score (nSPS) is 14.7. The number of carbonyl (C=O) groups excluding carboxylic acids is 3.